The van der Waals surface area contributed by atoms with Crippen LogP contribution < -0.4 is 0 Å². The zero-order valence-electron chi connectivity index (χ0n) is 11.4. The Hall–Kier alpha value is -1.13. The van der Waals surface area contributed by atoms with Gasteiger partial charge in [-0.15, -0.1) is 0 Å². The molecule has 0 aliphatic carbocycles. The molecule has 2 rings (SSSR count). The first-order valence-corrected chi connectivity index (χ1v) is 7.41. The van der Waals surface area contributed by atoms with Gasteiger partial charge in [-0.05, 0) is 34.8 Å². The molecule has 1 aromatic heterocycles. The van der Waals surface area contributed by atoms with Gasteiger partial charge in [0.25, 0.3) is 0 Å². The Bertz CT molecular complexity index is 522. The quantitative estimate of drug-likeness (QED) is 0.805. The van der Waals surface area contributed by atoms with Crippen molar-refractivity contribution in [3.05, 3.63) is 51.8 Å². The molecule has 102 valence electrons. The summed E-state index contributed by atoms with van der Waals surface area (Å²) in [5.74, 6) is 0. The Balaban J connectivity index is 2.01. The summed E-state index contributed by atoms with van der Waals surface area (Å²) in [7, 11) is 0. The van der Waals surface area contributed by atoms with Crippen LogP contribution in [0, 0.1) is 0 Å². The summed E-state index contributed by atoms with van der Waals surface area (Å²) in [6.07, 6.45) is 0.930. The molecule has 0 bridgehead atoms. The summed E-state index contributed by atoms with van der Waals surface area (Å²) in [6.45, 7) is 6.28. The largest absolute Gasteiger partial charge is 0.370 e. The summed E-state index contributed by atoms with van der Waals surface area (Å²) in [5, 5.41) is 4.56. The molecule has 0 aliphatic heterocycles. The van der Waals surface area contributed by atoms with Crippen LogP contribution in [0.2, 0.25) is 0 Å². The molecule has 1 heterocycles. The van der Waals surface area contributed by atoms with E-state index in [2.05, 4.69) is 47.0 Å². The van der Waals surface area contributed by atoms with Gasteiger partial charge in [0.1, 0.15) is 0 Å². The fraction of sp³-hybridized carbons (Fsp3) is 0.400. The van der Waals surface area contributed by atoms with Gasteiger partial charge in [0.15, 0.2) is 0 Å². The van der Waals surface area contributed by atoms with E-state index < -0.39 is 0 Å². The second-order valence-corrected chi connectivity index (χ2v) is 5.15. The third-order valence-corrected chi connectivity index (χ3v) is 3.96. The van der Waals surface area contributed by atoms with E-state index in [1.165, 1.54) is 5.56 Å². The monoisotopic (exact) mass is 322 g/mol. The van der Waals surface area contributed by atoms with Crippen molar-refractivity contribution in [2.24, 2.45) is 0 Å². The van der Waals surface area contributed by atoms with E-state index in [1.54, 1.807) is 0 Å². The van der Waals surface area contributed by atoms with Gasteiger partial charge in [0, 0.05) is 6.54 Å². The Morgan fingerprint density at radius 1 is 1.16 bits per heavy atom. The van der Waals surface area contributed by atoms with Crippen molar-refractivity contribution >= 4 is 15.9 Å². The Kier molecular flexibility index (Phi) is 5.16. The van der Waals surface area contributed by atoms with Crippen molar-refractivity contribution in [3.8, 4) is 0 Å². The average molecular weight is 323 g/mol. The number of halogens is 1. The van der Waals surface area contributed by atoms with E-state index in [4.69, 9.17) is 4.74 Å². The van der Waals surface area contributed by atoms with E-state index in [-0.39, 0.29) is 0 Å². The summed E-state index contributed by atoms with van der Waals surface area (Å²) in [5.41, 5.74) is 3.41. The highest BCUT2D eigenvalue weighted by Gasteiger charge is 2.13. The lowest BCUT2D eigenvalue weighted by Crippen LogP contribution is -2.05. The fourth-order valence-electron chi connectivity index (χ4n) is 1.99. The molecule has 0 saturated heterocycles. The van der Waals surface area contributed by atoms with Crippen LogP contribution in [0.25, 0.3) is 0 Å². The summed E-state index contributed by atoms with van der Waals surface area (Å²) >= 11 is 3.63. The lowest BCUT2D eigenvalue weighted by Gasteiger charge is -2.07. The Morgan fingerprint density at radius 2 is 1.89 bits per heavy atom. The number of hydrogen-bond acceptors (Lipinski definition) is 2. The second kappa shape index (κ2) is 6.87. The molecule has 0 spiro atoms. The van der Waals surface area contributed by atoms with E-state index in [0.717, 1.165) is 28.8 Å². The van der Waals surface area contributed by atoms with Crippen molar-refractivity contribution in [2.45, 2.75) is 40.0 Å². The first-order valence-electron chi connectivity index (χ1n) is 6.62. The van der Waals surface area contributed by atoms with Gasteiger partial charge in [-0.25, -0.2) is 0 Å². The van der Waals surface area contributed by atoms with Crippen molar-refractivity contribution in [3.63, 3.8) is 0 Å². The first-order chi connectivity index (χ1) is 9.26. The molecular formula is C15H19BrN2O. The maximum atomic E-state index is 5.80. The molecule has 3 nitrogen and oxygen atoms in total. The highest BCUT2D eigenvalue weighted by atomic mass is 79.9. The molecule has 0 atom stereocenters. The van der Waals surface area contributed by atoms with E-state index in [9.17, 15) is 0 Å². The minimum Gasteiger partial charge on any atom is -0.370 e. The normalized spacial score (nSPS) is 10.9. The van der Waals surface area contributed by atoms with Crippen LogP contribution in [-0.2, 0) is 30.9 Å². The minimum atomic E-state index is 0.580. The maximum absolute atomic E-state index is 5.80. The van der Waals surface area contributed by atoms with Crippen LogP contribution in [0.15, 0.2) is 34.8 Å². The molecule has 0 aliphatic rings. The van der Waals surface area contributed by atoms with Crippen LogP contribution in [0.3, 0.4) is 0 Å². The number of hydrogen-bond donors (Lipinski definition) is 0. The number of nitrogens with zero attached hydrogens (tertiary/aromatic N) is 2. The molecule has 19 heavy (non-hydrogen) atoms. The fourth-order valence-corrected chi connectivity index (χ4v) is 2.67. The number of ether oxygens (including phenoxy) is 1. The Morgan fingerprint density at radius 3 is 2.53 bits per heavy atom. The zero-order chi connectivity index (χ0) is 13.7. The highest BCUT2D eigenvalue weighted by Crippen LogP contribution is 2.23. The van der Waals surface area contributed by atoms with Gasteiger partial charge in [-0.3, -0.25) is 4.68 Å². The molecule has 4 heteroatoms. The second-order valence-electron chi connectivity index (χ2n) is 4.36. The standard InChI is InChI=1S/C15H19BrN2O/c1-3-13-15(16)14(18(4-2)17-13)11-19-10-12-8-6-5-7-9-12/h5-9H,3-4,10-11H2,1-2H3. The smallest absolute Gasteiger partial charge is 0.0900 e. The zero-order valence-corrected chi connectivity index (χ0v) is 13.0. The van der Waals surface area contributed by atoms with Crippen molar-refractivity contribution in [2.75, 3.05) is 0 Å². The molecule has 2 aromatic rings. The summed E-state index contributed by atoms with van der Waals surface area (Å²) < 4.78 is 8.89. The third kappa shape index (κ3) is 3.45. The lowest BCUT2D eigenvalue weighted by molar-refractivity contribution is 0.101. The van der Waals surface area contributed by atoms with Crippen molar-refractivity contribution < 1.29 is 4.74 Å². The van der Waals surface area contributed by atoms with Gasteiger partial charge in [-0.2, -0.15) is 5.10 Å². The third-order valence-electron chi connectivity index (χ3n) is 3.04. The van der Waals surface area contributed by atoms with Crippen LogP contribution in [0.1, 0.15) is 30.8 Å². The minimum absolute atomic E-state index is 0.580. The molecule has 0 unspecified atom stereocenters. The first kappa shape index (κ1) is 14.3. The van der Waals surface area contributed by atoms with Crippen LogP contribution in [0.5, 0.6) is 0 Å². The van der Waals surface area contributed by atoms with Crippen molar-refractivity contribution in [1.29, 1.82) is 0 Å². The van der Waals surface area contributed by atoms with Gasteiger partial charge in [0.05, 0.1) is 29.1 Å². The van der Waals surface area contributed by atoms with Crippen LogP contribution in [0.4, 0.5) is 0 Å². The predicted molar refractivity (Wildman–Crippen MR) is 79.9 cm³/mol. The van der Waals surface area contributed by atoms with Crippen LogP contribution in [-0.4, -0.2) is 9.78 Å². The van der Waals surface area contributed by atoms with Gasteiger partial charge in [0.2, 0.25) is 0 Å². The van der Waals surface area contributed by atoms with E-state index in [1.807, 2.05) is 22.9 Å². The van der Waals surface area contributed by atoms with E-state index >= 15 is 0 Å². The number of aryl methyl sites for hydroxylation is 2. The van der Waals surface area contributed by atoms with Crippen molar-refractivity contribution in [1.82, 2.24) is 9.78 Å². The number of rotatable bonds is 6. The highest BCUT2D eigenvalue weighted by molar-refractivity contribution is 9.10. The van der Waals surface area contributed by atoms with Crippen LogP contribution >= 0.6 is 15.9 Å². The molecule has 0 amide bonds. The Labute approximate surface area is 122 Å². The number of benzene rings is 1. The SMILES string of the molecule is CCc1nn(CC)c(COCc2ccccc2)c1Br. The molecule has 0 fully saturated rings. The molecular weight excluding hydrogens is 304 g/mol. The van der Waals surface area contributed by atoms with E-state index in [0.29, 0.717) is 13.2 Å². The summed E-state index contributed by atoms with van der Waals surface area (Å²) in [4.78, 5) is 0. The van der Waals surface area contributed by atoms with Gasteiger partial charge >= 0.3 is 0 Å². The van der Waals surface area contributed by atoms with Gasteiger partial charge < -0.3 is 4.74 Å². The lowest BCUT2D eigenvalue weighted by atomic mass is 10.2. The topological polar surface area (TPSA) is 27.1 Å². The molecule has 0 radical (unpaired) electrons. The number of aromatic nitrogens is 2. The molecule has 0 N–H and O–H groups in total. The van der Waals surface area contributed by atoms with Gasteiger partial charge in [-0.1, -0.05) is 37.3 Å². The molecule has 0 saturated carbocycles. The predicted octanol–water partition coefficient (Wildman–Crippen LogP) is 3.94. The molecule has 1 aromatic carbocycles. The maximum Gasteiger partial charge on any atom is 0.0900 e. The summed E-state index contributed by atoms with van der Waals surface area (Å²) in [6, 6.07) is 10.2. The average Bonchev–Trinajstić information content (AvgIpc) is 2.76.